The van der Waals surface area contributed by atoms with Crippen LogP contribution in [0.15, 0.2) is 24.7 Å². The maximum Gasteiger partial charge on any atom is 0.163 e. The highest BCUT2D eigenvalue weighted by Crippen LogP contribution is 2.33. The summed E-state index contributed by atoms with van der Waals surface area (Å²) in [7, 11) is 0. The second-order valence-electron chi connectivity index (χ2n) is 7.91. The second-order valence-corrected chi connectivity index (χ2v) is 7.91. The van der Waals surface area contributed by atoms with Crippen molar-refractivity contribution in [2.45, 2.75) is 40.5 Å². The lowest BCUT2D eigenvalue weighted by Gasteiger charge is -2.30. The summed E-state index contributed by atoms with van der Waals surface area (Å²) in [4.78, 5) is 27.0. The molecule has 0 saturated heterocycles. The zero-order valence-corrected chi connectivity index (χ0v) is 15.8. The Hall–Kier alpha value is -2.70. The lowest BCUT2D eigenvalue weighted by atomic mass is 9.75. The molecule has 3 heterocycles. The highest BCUT2D eigenvalue weighted by atomic mass is 19.1. The molecular weight excluding hydrogens is 350 g/mol. The van der Waals surface area contributed by atoms with Crippen LogP contribution < -0.4 is 0 Å². The van der Waals surface area contributed by atoms with E-state index in [4.69, 9.17) is 0 Å². The molecule has 0 bridgehead atoms. The molecule has 0 fully saturated rings. The summed E-state index contributed by atoms with van der Waals surface area (Å²) in [5.74, 6) is -0.696. The van der Waals surface area contributed by atoms with Gasteiger partial charge in [-0.3, -0.25) is 0 Å². The largest absolute Gasteiger partial charge is 0.345 e. The molecule has 7 heteroatoms. The number of nitrogens with zero attached hydrogens (tertiary/aromatic N) is 3. The van der Waals surface area contributed by atoms with Crippen LogP contribution in [0.2, 0.25) is 0 Å². The molecule has 1 atom stereocenters. The zero-order chi connectivity index (χ0) is 19.8. The SMILES string of the molecule is CC(=O)C[C@@H](Cc1nc(-c2c[nH]c3ncc(F)cc23)ncc1F)C(C)(C)C. The molecule has 0 aliphatic carbocycles. The first-order valence-electron chi connectivity index (χ1n) is 8.79. The number of Topliss-reactive ketones (excluding diaryl/α,β-unsaturated/α-hetero) is 1. The lowest BCUT2D eigenvalue weighted by Crippen LogP contribution is -2.25. The molecule has 3 rings (SSSR count). The number of carbonyl (C=O) groups is 1. The van der Waals surface area contributed by atoms with E-state index in [0.29, 0.717) is 35.3 Å². The highest BCUT2D eigenvalue weighted by molar-refractivity contribution is 5.91. The molecule has 0 saturated carbocycles. The zero-order valence-electron chi connectivity index (χ0n) is 15.8. The van der Waals surface area contributed by atoms with E-state index in [0.717, 1.165) is 12.4 Å². The number of aromatic amines is 1. The van der Waals surface area contributed by atoms with Crippen LogP contribution >= 0.6 is 0 Å². The number of carbonyl (C=O) groups excluding carboxylic acids is 1. The molecule has 27 heavy (non-hydrogen) atoms. The predicted octanol–water partition coefficient (Wildman–Crippen LogP) is 4.48. The van der Waals surface area contributed by atoms with Crippen LogP contribution in [0.25, 0.3) is 22.4 Å². The Bertz CT molecular complexity index is 991. The number of rotatable bonds is 5. The lowest BCUT2D eigenvalue weighted by molar-refractivity contribution is -0.118. The van der Waals surface area contributed by atoms with E-state index in [1.54, 1.807) is 6.20 Å². The van der Waals surface area contributed by atoms with Crippen molar-refractivity contribution in [2.75, 3.05) is 0 Å². The van der Waals surface area contributed by atoms with E-state index < -0.39 is 11.6 Å². The van der Waals surface area contributed by atoms with Gasteiger partial charge in [0.05, 0.1) is 18.1 Å². The number of ketones is 1. The maximum absolute atomic E-state index is 14.4. The van der Waals surface area contributed by atoms with Gasteiger partial charge in [-0.15, -0.1) is 0 Å². The van der Waals surface area contributed by atoms with Crippen molar-refractivity contribution in [3.63, 3.8) is 0 Å². The van der Waals surface area contributed by atoms with Crippen LogP contribution in [-0.2, 0) is 11.2 Å². The predicted molar refractivity (Wildman–Crippen MR) is 99.0 cm³/mol. The van der Waals surface area contributed by atoms with Gasteiger partial charge in [0.15, 0.2) is 11.6 Å². The van der Waals surface area contributed by atoms with Gasteiger partial charge in [0.2, 0.25) is 0 Å². The summed E-state index contributed by atoms with van der Waals surface area (Å²) >= 11 is 0. The van der Waals surface area contributed by atoms with E-state index in [9.17, 15) is 13.6 Å². The number of hydrogen-bond donors (Lipinski definition) is 1. The van der Waals surface area contributed by atoms with Crippen LogP contribution in [0.3, 0.4) is 0 Å². The van der Waals surface area contributed by atoms with Gasteiger partial charge >= 0.3 is 0 Å². The normalized spacial score (nSPS) is 13.1. The molecule has 142 valence electrons. The number of halogens is 2. The molecule has 0 spiro atoms. The Morgan fingerprint density at radius 1 is 1.22 bits per heavy atom. The Labute approximate surface area is 156 Å². The fourth-order valence-electron chi connectivity index (χ4n) is 3.10. The molecule has 0 unspecified atom stereocenters. The summed E-state index contributed by atoms with van der Waals surface area (Å²) in [6, 6.07) is 1.34. The van der Waals surface area contributed by atoms with Crippen molar-refractivity contribution < 1.29 is 13.6 Å². The standard InChI is InChI=1S/C20H22F2N4O/c1-11(27)5-12(20(2,3)4)6-17-16(22)10-25-19(26-17)15-9-24-18-14(15)7-13(21)8-23-18/h7-10,12H,5-6H2,1-4H3,(H,23,24)/t12-/m0/s1. The number of H-pyrrole nitrogens is 1. The van der Waals surface area contributed by atoms with Gasteiger partial charge in [-0.2, -0.15) is 0 Å². The fourth-order valence-corrected chi connectivity index (χ4v) is 3.10. The average Bonchev–Trinajstić information content (AvgIpc) is 2.98. The van der Waals surface area contributed by atoms with Gasteiger partial charge in [0, 0.05) is 23.6 Å². The molecule has 5 nitrogen and oxygen atoms in total. The Morgan fingerprint density at radius 2 is 1.96 bits per heavy atom. The van der Waals surface area contributed by atoms with Crippen molar-refractivity contribution in [2.24, 2.45) is 11.3 Å². The highest BCUT2D eigenvalue weighted by Gasteiger charge is 2.28. The third-order valence-corrected chi connectivity index (χ3v) is 4.75. The number of pyridine rings is 1. The van der Waals surface area contributed by atoms with Crippen molar-refractivity contribution in [1.29, 1.82) is 0 Å². The molecule has 0 radical (unpaired) electrons. The first kappa shape index (κ1) is 19.1. The van der Waals surface area contributed by atoms with E-state index in [1.165, 1.54) is 13.0 Å². The smallest absolute Gasteiger partial charge is 0.163 e. The summed E-state index contributed by atoms with van der Waals surface area (Å²) in [5, 5.41) is 0.531. The summed E-state index contributed by atoms with van der Waals surface area (Å²) in [5.41, 5.74) is 1.12. The third kappa shape index (κ3) is 4.18. The van der Waals surface area contributed by atoms with Crippen molar-refractivity contribution in [3.05, 3.63) is 42.0 Å². The van der Waals surface area contributed by atoms with Crippen molar-refractivity contribution in [1.82, 2.24) is 19.9 Å². The fraction of sp³-hybridized carbons (Fsp3) is 0.400. The molecule has 0 aliphatic heterocycles. The molecule has 0 amide bonds. The molecule has 0 aromatic carbocycles. The quantitative estimate of drug-likeness (QED) is 0.717. The monoisotopic (exact) mass is 372 g/mol. The number of aromatic nitrogens is 4. The van der Waals surface area contributed by atoms with Gasteiger partial charge in [0.1, 0.15) is 17.2 Å². The first-order chi connectivity index (χ1) is 12.6. The number of fused-ring (bicyclic) bond motifs is 1. The minimum atomic E-state index is -0.513. The minimum absolute atomic E-state index is 0.0581. The average molecular weight is 372 g/mol. The second kappa shape index (κ2) is 7.13. The first-order valence-corrected chi connectivity index (χ1v) is 8.79. The molecular formula is C20H22F2N4O. The van der Waals surface area contributed by atoms with Gasteiger partial charge in [-0.05, 0) is 30.7 Å². The topological polar surface area (TPSA) is 71.5 Å². The summed E-state index contributed by atoms with van der Waals surface area (Å²) in [6.07, 6.45) is 4.54. The van der Waals surface area contributed by atoms with Gasteiger partial charge in [0.25, 0.3) is 0 Å². The molecule has 3 aromatic heterocycles. The van der Waals surface area contributed by atoms with E-state index >= 15 is 0 Å². The Balaban J connectivity index is 2.01. The number of hydrogen-bond acceptors (Lipinski definition) is 4. The van der Waals surface area contributed by atoms with Crippen molar-refractivity contribution >= 4 is 16.8 Å². The van der Waals surface area contributed by atoms with Crippen LogP contribution in [-0.4, -0.2) is 25.7 Å². The number of nitrogens with one attached hydrogen (secondary N) is 1. The van der Waals surface area contributed by atoms with Gasteiger partial charge in [-0.25, -0.2) is 23.7 Å². The van der Waals surface area contributed by atoms with Gasteiger partial charge in [-0.1, -0.05) is 20.8 Å². The van der Waals surface area contributed by atoms with Crippen LogP contribution in [0.5, 0.6) is 0 Å². The minimum Gasteiger partial charge on any atom is -0.345 e. The van der Waals surface area contributed by atoms with Crippen LogP contribution in [0.4, 0.5) is 8.78 Å². The molecule has 0 aliphatic rings. The molecule has 3 aromatic rings. The van der Waals surface area contributed by atoms with E-state index in [2.05, 4.69) is 19.9 Å². The maximum atomic E-state index is 14.4. The Kier molecular flexibility index (Phi) is 5.04. The van der Waals surface area contributed by atoms with E-state index in [1.807, 2.05) is 20.8 Å². The summed E-state index contributed by atoms with van der Waals surface area (Å²) < 4.78 is 28.0. The van der Waals surface area contributed by atoms with Gasteiger partial charge < -0.3 is 9.78 Å². The van der Waals surface area contributed by atoms with Crippen LogP contribution in [0.1, 0.15) is 39.8 Å². The van der Waals surface area contributed by atoms with Crippen LogP contribution in [0, 0.1) is 23.0 Å². The molecule has 1 N–H and O–H groups in total. The van der Waals surface area contributed by atoms with E-state index in [-0.39, 0.29) is 22.8 Å². The Morgan fingerprint density at radius 3 is 2.63 bits per heavy atom. The third-order valence-electron chi connectivity index (χ3n) is 4.75. The summed E-state index contributed by atoms with van der Waals surface area (Å²) in [6.45, 7) is 7.60. The van der Waals surface area contributed by atoms with Crippen molar-refractivity contribution in [3.8, 4) is 11.4 Å².